The molecule has 0 aliphatic carbocycles. The molecule has 124 valence electrons. The predicted octanol–water partition coefficient (Wildman–Crippen LogP) is 2.63. The molecule has 0 unspecified atom stereocenters. The first-order chi connectivity index (χ1) is 10.9. The van der Waals surface area contributed by atoms with Crippen molar-refractivity contribution in [2.24, 2.45) is 0 Å². The van der Waals surface area contributed by atoms with Crippen LogP contribution in [0.4, 0.5) is 4.39 Å². The largest absolute Gasteiger partial charge is 0.496 e. The molecule has 0 radical (unpaired) electrons. The number of hydrogen-bond acceptors (Lipinski definition) is 4. The quantitative estimate of drug-likeness (QED) is 0.879. The lowest BCUT2D eigenvalue weighted by Gasteiger charge is -2.14. The molecule has 7 heteroatoms. The minimum Gasteiger partial charge on any atom is -0.496 e. The van der Waals surface area contributed by atoms with E-state index in [2.05, 4.69) is 4.72 Å². The van der Waals surface area contributed by atoms with Crippen molar-refractivity contribution in [2.45, 2.75) is 18.4 Å². The maximum Gasteiger partial charge on any atom is 0.244 e. The van der Waals surface area contributed by atoms with Crippen LogP contribution in [-0.4, -0.2) is 22.6 Å². The number of methoxy groups -OCH3 is 2. The summed E-state index contributed by atoms with van der Waals surface area (Å²) in [6.07, 6.45) is 0. The van der Waals surface area contributed by atoms with Crippen LogP contribution < -0.4 is 14.2 Å². The zero-order valence-corrected chi connectivity index (χ0v) is 13.9. The Bertz CT molecular complexity index is 788. The number of sulfonamides is 1. The average molecular weight is 339 g/mol. The van der Waals surface area contributed by atoms with Crippen molar-refractivity contribution < 1.29 is 22.3 Å². The van der Waals surface area contributed by atoms with Crippen molar-refractivity contribution in [3.8, 4) is 11.5 Å². The topological polar surface area (TPSA) is 64.6 Å². The fourth-order valence-electron chi connectivity index (χ4n) is 2.09. The molecule has 23 heavy (non-hydrogen) atoms. The molecule has 1 N–H and O–H groups in total. The Morgan fingerprint density at radius 2 is 1.65 bits per heavy atom. The molecule has 0 bridgehead atoms. The monoisotopic (exact) mass is 339 g/mol. The molecule has 2 rings (SSSR count). The van der Waals surface area contributed by atoms with Gasteiger partial charge in [0.25, 0.3) is 0 Å². The van der Waals surface area contributed by atoms with E-state index in [4.69, 9.17) is 9.47 Å². The second-order valence-electron chi connectivity index (χ2n) is 4.92. The summed E-state index contributed by atoms with van der Waals surface area (Å²) in [4.78, 5) is -0.00967. The molecule has 2 aromatic rings. The van der Waals surface area contributed by atoms with Gasteiger partial charge < -0.3 is 9.47 Å². The highest BCUT2D eigenvalue weighted by atomic mass is 32.2. The van der Waals surface area contributed by atoms with Crippen molar-refractivity contribution >= 4 is 10.0 Å². The third-order valence-corrected chi connectivity index (χ3v) is 4.77. The van der Waals surface area contributed by atoms with Crippen molar-refractivity contribution in [3.63, 3.8) is 0 Å². The molecular weight excluding hydrogens is 321 g/mol. The molecule has 0 aliphatic rings. The number of aryl methyl sites for hydroxylation is 1. The summed E-state index contributed by atoms with van der Waals surface area (Å²) in [5, 5.41) is 0. The normalized spacial score (nSPS) is 11.3. The van der Waals surface area contributed by atoms with Gasteiger partial charge in [-0.2, -0.15) is 0 Å². The van der Waals surface area contributed by atoms with Gasteiger partial charge in [0.2, 0.25) is 10.0 Å². The van der Waals surface area contributed by atoms with Gasteiger partial charge in [-0.15, -0.1) is 0 Å². The second-order valence-corrected chi connectivity index (χ2v) is 6.66. The van der Waals surface area contributed by atoms with E-state index in [-0.39, 0.29) is 23.0 Å². The maximum absolute atomic E-state index is 12.9. The van der Waals surface area contributed by atoms with Gasteiger partial charge in [0.05, 0.1) is 14.2 Å². The number of ether oxygens (including phenoxy) is 2. The first-order valence-corrected chi connectivity index (χ1v) is 8.32. The van der Waals surface area contributed by atoms with Gasteiger partial charge in [-0.1, -0.05) is 12.1 Å². The van der Waals surface area contributed by atoms with Crippen molar-refractivity contribution in [1.82, 2.24) is 4.72 Å². The second kappa shape index (κ2) is 6.97. The number of nitrogens with one attached hydrogen (secondary N) is 1. The highest BCUT2D eigenvalue weighted by Gasteiger charge is 2.21. The molecule has 0 saturated heterocycles. The van der Waals surface area contributed by atoms with E-state index in [0.717, 1.165) is 5.56 Å². The SMILES string of the molecule is COc1cc(S(=O)(=O)NCc2ccc(F)cc2)c(OC)cc1C. The standard InChI is InChI=1S/C16H18FNO4S/c1-11-8-15(22-3)16(9-14(11)21-2)23(19,20)18-10-12-4-6-13(17)7-5-12/h4-9,18H,10H2,1-3H3. The van der Waals surface area contributed by atoms with Crippen LogP contribution in [0.3, 0.4) is 0 Å². The number of halogens is 1. The number of benzene rings is 2. The minimum absolute atomic E-state index is 0.00967. The van der Waals surface area contributed by atoms with Crippen LogP contribution in [0.15, 0.2) is 41.3 Å². The summed E-state index contributed by atoms with van der Waals surface area (Å²) in [7, 11) is -0.937. The molecule has 0 fully saturated rings. The van der Waals surface area contributed by atoms with Gasteiger partial charge in [0.1, 0.15) is 22.2 Å². The summed E-state index contributed by atoms with van der Waals surface area (Å²) in [6, 6.07) is 8.61. The minimum atomic E-state index is -3.81. The fraction of sp³-hybridized carbons (Fsp3) is 0.250. The third-order valence-electron chi connectivity index (χ3n) is 3.35. The lowest BCUT2D eigenvalue weighted by molar-refractivity contribution is 0.390. The molecule has 0 spiro atoms. The van der Waals surface area contributed by atoms with Gasteiger partial charge in [-0.05, 0) is 36.2 Å². The predicted molar refractivity (Wildman–Crippen MR) is 84.7 cm³/mol. The molecule has 5 nitrogen and oxygen atoms in total. The Kier molecular flexibility index (Phi) is 5.23. The smallest absolute Gasteiger partial charge is 0.244 e. The van der Waals surface area contributed by atoms with E-state index in [9.17, 15) is 12.8 Å². The van der Waals surface area contributed by atoms with Gasteiger partial charge >= 0.3 is 0 Å². The van der Waals surface area contributed by atoms with Crippen LogP contribution in [-0.2, 0) is 16.6 Å². The zero-order chi connectivity index (χ0) is 17.0. The van der Waals surface area contributed by atoms with E-state index in [1.807, 2.05) is 0 Å². The van der Waals surface area contributed by atoms with Crippen LogP contribution in [0.1, 0.15) is 11.1 Å². The number of hydrogen-bond donors (Lipinski definition) is 1. The first-order valence-electron chi connectivity index (χ1n) is 6.84. The van der Waals surface area contributed by atoms with Gasteiger partial charge in [0.15, 0.2) is 0 Å². The highest BCUT2D eigenvalue weighted by Crippen LogP contribution is 2.31. The molecule has 0 heterocycles. The van der Waals surface area contributed by atoms with Gasteiger partial charge in [0, 0.05) is 12.6 Å². The van der Waals surface area contributed by atoms with Crippen molar-refractivity contribution in [3.05, 3.63) is 53.3 Å². The molecular formula is C16H18FNO4S. The maximum atomic E-state index is 12.9. The zero-order valence-electron chi connectivity index (χ0n) is 13.1. The lowest BCUT2D eigenvalue weighted by Crippen LogP contribution is -2.24. The van der Waals surface area contributed by atoms with Gasteiger partial charge in [-0.25, -0.2) is 17.5 Å². The van der Waals surface area contributed by atoms with E-state index in [1.165, 1.54) is 44.6 Å². The Morgan fingerprint density at radius 3 is 2.22 bits per heavy atom. The van der Waals surface area contributed by atoms with E-state index < -0.39 is 10.0 Å². The Balaban J connectivity index is 2.29. The van der Waals surface area contributed by atoms with E-state index >= 15 is 0 Å². The van der Waals surface area contributed by atoms with Crippen molar-refractivity contribution in [2.75, 3.05) is 14.2 Å². The van der Waals surface area contributed by atoms with Crippen LogP contribution in [0.25, 0.3) is 0 Å². The number of rotatable bonds is 6. The first kappa shape index (κ1) is 17.2. The van der Waals surface area contributed by atoms with Crippen LogP contribution in [0.5, 0.6) is 11.5 Å². The fourth-order valence-corrected chi connectivity index (χ4v) is 3.27. The summed E-state index contributed by atoms with van der Waals surface area (Å²) in [5.41, 5.74) is 1.41. The Morgan fingerprint density at radius 1 is 1.04 bits per heavy atom. The van der Waals surface area contributed by atoms with E-state index in [0.29, 0.717) is 11.3 Å². The highest BCUT2D eigenvalue weighted by molar-refractivity contribution is 7.89. The molecule has 0 atom stereocenters. The van der Waals surface area contributed by atoms with Crippen LogP contribution >= 0.6 is 0 Å². The van der Waals surface area contributed by atoms with Crippen LogP contribution in [0.2, 0.25) is 0 Å². The molecule has 2 aromatic carbocycles. The lowest BCUT2D eigenvalue weighted by atomic mass is 10.2. The summed E-state index contributed by atoms with van der Waals surface area (Å²) < 4.78 is 50.7. The Labute approximate surface area is 135 Å². The van der Waals surface area contributed by atoms with Crippen LogP contribution in [0, 0.1) is 12.7 Å². The van der Waals surface area contributed by atoms with Crippen molar-refractivity contribution in [1.29, 1.82) is 0 Å². The summed E-state index contributed by atoms with van der Waals surface area (Å²) in [6.45, 7) is 1.84. The van der Waals surface area contributed by atoms with E-state index in [1.54, 1.807) is 13.0 Å². The summed E-state index contributed by atoms with van der Waals surface area (Å²) >= 11 is 0. The molecule has 0 amide bonds. The molecule has 0 aliphatic heterocycles. The Hall–Kier alpha value is -2.12. The van der Waals surface area contributed by atoms with Gasteiger partial charge in [-0.3, -0.25) is 0 Å². The molecule has 0 aromatic heterocycles. The molecule has 0 saturated carbocycles. The average Bonchev–Trinajstić information content (AvgIpc) is 2.53. The third kappa shape index (κ3) is 4.00. The summed E-state index contributed by atoms with van der Waals surface area (Å²) in [5.74, 6) is 0.310.